The van der Waals surface area contributed by atoms with Crippen LogP contribution < -0.4 is 5.32 Å². The number of nitrogens with one attached hydrogen (secondary N) is 1. The van der Waals surface area contributed by atoms with Gasteiger partial charge in [0.2, 0.25) is 0 Å². The van der Waals surface area contributed by atoms with Crippen molar-refractivity contribution < 1.29 is 14.3 Å². The van der Waals surface area contributed by atoms with E-state index in [1.165, 1.54) is 23.5 Å². The third kappa shape index (κ3) is 4.12. The SMILES string of the molecule is Cc1cnc(NC(=O)c2ccc(C#CCCO)cc2F)s1. The number of anilines is 1. The van der Waals surface area contributed by atoms with Crippen LogP contribution >= 0.6 is 11.3 Å². The van der Waals surface area contributed by atoms with Gasteiger partial charge in [0.25, 0.3) is 5.91 Å². The first-order valence-electron chi connectivity index (χ1n) is 6.23. The van der Waals surface area contributed by atoms with Gasteiger partial charge in [-0.05, 0) is 25.1 Å². The second-order valence-electron chi connectivity index (χ2n) is 4.20. The summed E-state index contributed by atoms with van der Waals surface area (Å²) in [4.78, 5) is 16.9. The number of rotatable bonds is 3. The standard InChI is InChI=1S/C15H13FN2O2S/c1-10-9-17-15(21-10)18-14(20)12-6-5-11(8-13(12)16)4-2-3-7-19/h5-6,8-9,19H,3,7H2,1H3,(H,17,18,20). The Kier molecular flexibility index (Phi) is 5.04. The number of carbonyl (C=O) groups excluding carboxylic acids is 1. The smallest absolute Gasteiger partial charge is 0.260 e. The van der Waals surface area contributed by atoms with Gasteiger partial charge >= 0.3 is 0 Å². The fraction of sp³-hybridized carbons (Fsp3) is 0.200. The summed E-state index contributed by atoms with van der Waals surface area (Å²) in [7, 11) is 0. The van der Waals surface area contributed by atoms with Crippen LogP contribution in [0.3, 0.4) is 0 Å². The first-order chi connectivity index (χ1) is 10.1. The molecule has 0 saturated carbocycles. The lowest BCUT2D eigenvalue weighted by Gasteiger charge is -2.03. The van der Waals surface area contributed by atoms with Gasteiger partial charge in [-0.15, -0.1) is 11.3 Å². The maximum Gasteiger partial charge on any atom is 0.260 e. The molecule has 2 aromatic rings. The van der Waals surface area contributed by atoms with Gasteiger partial charge in [0.15, 0.2) is 5.13 Å². The molecule has 0 atom stereocenters. The summed E-state index contributed by atoms with van der Waals surface area (Å²) < 4.78 is 13.9. The van der Waals surface area contributed by atoms with Crippen molar-refractivity contribution in [3.8, 4) is 11.8 Å². The van der Waals surface area contributed by atoms with Crippen LogP contribution in [0.1, 0.15) is 27.2 Å². The van der Waals surface area contributed by atoms with E-state index in [2.05, 4.69) is 22.1 Å². The zero-order valence-electron chi connectivity index (χ0n) is 11.3. The van der Waals surface area contributed by atoms with Gasteiger partial charge in [-0.2, -0.15) is 0 Å². The fourth-order valence-corrected chi connectivity index (χ4v) is 2.23. The molecule has 0 bridgehead atoms. The maximum absolute atomic E-state index is 13.9. The summed E-state index contributed by atoms with van der Waals surface area (Å²) >= 11 is 1.32. The predicted molar refractivity (Wildman–Crippen MR) is 79.8 cm³/mol. The lowest BCUT2D eigenvalue weighted by molar-refractivity contribution is 0.102. The van der Waals surface area contributed by atoms with Crippen molar-refractivity contribution in [3.05, 3.63) is 46.2 Å². The monoisotopic (exact) mass is 304 g/mol. The Bertz CT molecular complexity index is 716. The third-order valence-corrected chi connectivity index (χ3v) is 3.35. The first kappa shape index (κ1) is 15.2. The van der Waals surface area contributed by atoms with E-state index in [4.69, 9.17) is 5.11 Å². The quantitative estimate of drug-likeness (QED) is 0.857. The predicted octanol–water partition coefficient (Wildman–Crippen LogP) is 2.58. The molecule has 1 aromatic heterocycles. The molecular formula is C15H13FN2O2S. The molecule has 0 fully saturated rings. The molecular weight excluding hydrogens is 291 g/mol. The average Bonchev–Trinajstić information content (AvgIpc) is 2.84. The number of aryl methyl sites for hydroxylation is 1. The highest BCUT2D eigenvalue weighted by molar-refractivity contribution is 7.15. The molecule has 108 valence electrons. The minimum absolute atomic E-state index is 0.0385. The molecule has 0 unspecified atom stereocenters. The van der Waals surface area contributed by atoms with Crippen molar-refractivity contribution >= 4 is 22.4 Å². The minimum Gasteiger partial charge on any atom is -0.395 e. The van der Waals surface area contributed by atoms with Crippen molar-refractivity contribution in [2.24, 2.45) is 0 Å². The molecule has 2 rings (SSSR count). The van der Waals surface area contributed by atoms with Gasteiger partial charge in [-0.25, -0.2) is 9.37 Å². The lowest BCUT2D eigenvalue weighted by Crippen LogP contribution is -2.13. The Morgan fingerprint density at radius 2 is 2.33 bits per heavy atom. The summed E-state index contributed by atoms with van der Waals surface area (Å²) in [6.45, 7) is 1.83. The Balaban J connectivity index is 2.13. The van der Waals surface area contributed by atoms with Crippen LogP contribution in [0.15, 0.2) is 24.4 Å². The molecule has 1 amide bonds. The first-order valence-corrected chi connectivity index (χ1v) is 7.05. The minimum atomic E-state index is -0.642. The number of nitrogens with zero attached hydrogens (tertiary/aromatic N) is 1. The summed E-state index contributed by atoms with van der Waals surface area (Å²) in [6.07, 6.45) is 1.96. The van der Waals surface area contributed by atoms with Crippen LogP contribution in [0.4, 0.5) is 9.52 Å². The van der Waals surface area contributed by atoms with Crippen LogP contribution in [0.2, 0.25) is 0 Å². The van der Waals surface area contributed by atoms with Gasteiger partial charge in [-0.1, -0.05) is 11.8 Å². The van der Waals surface area contributed by atoms with E-state index in [1.807, 2.05) is 6.92 Å². The molecule has 0 aliphatic rings. The summed E-state index contributed by atoms with van der Waals surface area (Å²) in [5.74, 6) is 4.22. The van der Waals surface area contributed by atoms with Gasteiger partial charge < -0.3 is 5.11 Å². The van der Waals surface area contributed by atoms with Crippen molar-refractivity contribution in [1.29, 1.82) is 0 Å². The Hall–Kier alpha value is -2.23. The molecule has 2 N–H and O–H groups in total. The van der Waals surface area contributed by atoms with Gasteiger partial charge in [-0.3, -0.25) is 10.1 Å². The number of benzene rings is 1. The molecule has 21 heavy (non-hydrogen) atoms. The largest absolute Gasteiger partial charge is 0.395 e. The normalized spacial score (nSPS) is 9.86. The molecule has 1 aromatic carbocycles. The van der Waals surface area contributed by atoms with E-state index in [0.717, 1.165) is 4.88 Å². The molecule has 1 heterocycles. The summed E-state index contributed by atoms with van der Waals surface area (Å²) in [5.41, 5.74) is 0.401. The zero-order valence-corrected chi connectivity index (χ0v) is 12.1. The molecule has 6 heteroatoms. The number of amides is 1. The highest BCUT2D eigenvalue weighted by Gasteiger charge is 2.13. The van der Waals surface area contributed by atoms with E-state index in [0.29, 0.717) is 17.1 Å². The maximum atomic E-state index is 13.9. The average molecular weight is 304 g/mol. The van der Waals surface area contributed by atoms with Crippen LogP contribution in [0.5, 0.6) is 0 Å². The van der Waals surface area contributed by atoms with E-state index in [9.17, 15) is 9.18 Å². The van der Waals surface area contributed by atoms with E-state index >= 15 is 0 Å². The number of aromatic nitrogens is 1. The molecule has 0 aliphatic carbocycles. The summed E-state index contributed by atoms with van der Waals surface area (Å²) in [5, 5.41) is 11.6. The van der Waals surface area contributed by atoms with E-state index in [-0.39, 0.29) is 12.2 Å². The molecule has 0 saturated heterocycles. The summed E-state index contributed by atoms with van der Waals surface area (Å²) in [6, 6.07) is 4.15. The van der Waals surface area contributed by atoms with Crippen LogP contribution in [0.25, 0.3) is 0 Å². The second-order valence-corrected chi connectivity index (χ2v) is 5.43. The number of aliphatic hydroxyl groups excluding tert-OH is 1. The second kappa shape index (κ2) is 6.97. The number of aliphatic hydroxyl groups is 1. The van der Waals surface area contributed by atoms with Crippen molar-refractivity contribution in [2.75, 3.05) is 11.9 Å². The van der Waals surface area contributed by atoms with E-state index in [1.54, 1.807) is 12.3 Å². The highest BCUT2D eigenvalue weighted by Crippen LogP contribution is 2.18. The van der Waals surface area contributed by atoms with E-state index < -0.39 is 11.7 Å². The number of halogens is 1. The molecule has 0 radical (unpaired) electrons. The third-order valence-electron chi connectivity index (χ3n) is 2.52. The Morgan fingerprint density at radius 1 is 1.52 bits per heavy atom. The Morgan fingerprint density at radius 3 is 2.95 bits per heavy atom. The number of hydrogen-bond acceptors (Lipinski definition) is 4. The lowest BCUT2D eigenvalue weighted by atomic mass is 10.1. The fourth-order valence-electron chi connectivity index (χ4n) is 1.57. The molecule has 4 nitrogen and oxygen atoms in total. The molecule has 0 aliphatic heterocycles. The number of thiazole rings is 1. The highest BCUT2D eigenvalue weighted by atomic mass is 32.1. The van der Waals surface area contributed by atoms with Crippen molar-refractivity contribution in [2.45, 2.75) is 13.3 Å². The number of hydrogen-bond donors (Lipinski definition) is 2. The van der Waals surface area contributed by atoms with Crippen LogP contribution in [-0.4, -0.2) is 22.6 Å². The number of carbonyl (C=O) groups is 1. The topological polar surface area (TPSA) is 62.2 Å². The Labute approximate surface area is 125 Å². The van der Waals surface area contributed by atoms with Crippen molar-refractivity contribution in [1.82, 2.24) is 4.98 Å². The van der Waals surface area contributed by atoms with Gasteiger partial charge in [0.1, 0.15) is 5.82 Å². The van der Waals surface area contributed by atoms with Gasteiger partial charge in [0.05, 0.1) is 12.2 Å². The zero-order chi connectivity index (χ0) is 15.2. The molecule has 0 spiro atoms. The van der Waals surface area contributed by atoms with Crippen LogP contribution in [-0.2, 0) is 0 Å². The van der Waals surface area contributed by atoms with Gasteiger partial charge in [0, 0.05) is 23.1 Å². The van der Waals surface area contributed by atoms with Crippen molar-refractivity contribution in [3.63, 3.8) is 0 Å². The van der Waals surface area contributed by atoms with Crippen LogP contribution in [0, 0.1) is 24.6 Å².